The summed E-state index contributed by atoms with van der Waals surface area (Å²) in [5.74, 6) is 1.52. The van der Waals surface area contributed by atoms with E-state index >= 15 is 0 Å². The Labute approximate surface area is 163 Å². The summed E-state index contributed by atoms with van der Waals surface area (Å²) in [5, 5.41) is 5.29. The topological polar surface area (TPSA) is 41.1 Å². The van der Waals surface area contributed by atoms with Gasteiger partial charge in [0.1, 0.15) is 5.82 Å². The van der Waals surface area contributed by atoms with Crippen LogP contribution < -0.4 is 10.2 Å². The number of para-hydroxylation sites is 1. The van der Waals surface area contributed by atoms with Gasteiger partial charge in [-0.3, -0.25) is 0 Å². The number of halogens is 2. The number of aromatic nitrogens is 2. The van der Waals surface area contributed by atoms with Gasteiger partial charge in [0.25, 0.3) is 0 Å². The van der Waals surface area contributed by atoms with Crippen LogP contribution >= 0.6 is 23.2 Å². The lowest BCUT2D eigenvalue weighted by Gasteiger charge is -2.23. The van der Waals surface area contributed by atoms with Crippen molar-refractivity contribution in [1.29, 1.82) is 0 Å². The lowest BCUT2D eigenvalue weighted by atomic mass is 10.2. The zero-order valence-corrected chi connectivity index (χ0v) is 15.9. The quantitative estimate of drug-likeness (QED) is 0.593. The van der Waals surface area contributed by atoms with Gasteiger partial charge in [-0.25, -0.2) is 4.98 Å². The number of nitrogens with zero attached hydrogens (tertiary/aromatic N) is 3. The SMILES string of the molecule is Clc1cccc(Nc2nc(N3CCCCCC3)c3ccccc3n2)c1Cl. The zero-order chi connectivity index (χ0) is 17.9. The summed E-state index contributed by atoms with van der Waals surface area (Å²) in [5.41, 5.74) is 1.62. The minimum atomic E-state index is 0.474. The van der Waals surface area contributed by atoms with Crippen LogP contribution in [0.1, 0.15) is 25.7 Å². The van der Waals surface area contributed by atoms with Crippen molar-refractivity contribution in [2.45, 2.75) is 25.7 Å². The smallest absolute Gasteiger partial charge is 0.229 e. The number of fused-ring (bicyclic) bond motifs is 1. The van der Waals surface area contributed by atoms with Crippen LogP contribution in [-0.2, 0) is 0 Å². The fraction of sp³-hybridized carbons (Fsp3) is 0.300. The number of nitrogens with one attached hydrogen (secondary N) is 1. The van der Waals surface area contributed by atoms with Gasteiger partial charge in [0, 0.05) is 18.5 Å². The van der Waals surface area contributed by atoms with E-state index in [0.717, 1.165) is 29.8 Å². The first-order chi connectivity index (χ1) is 12.7. The highest BCUT2D eigenvalue weighted by Crippen LogP contribution is 2.33. The van der Waals surface area contributed by atoms with Crippen molar-refractivity contribution in [3.8, 4) is 0 Å². The minimum absolute atomic E-state index is 0.474. The predicted molar refractivity (Wildman–Crippen MR) is 110 cm³/mol. The average Bonchev–Trinajstić information content (AvgIpc) is 2.94. The Hall–Kier alpha value is -2.04. The highest BCUT2D eigenvalue weighted by Gasteiger charge is 2.17. The monoisotopic (exact) mass is 386 g/mol. The van der Waals surface area contributed by atoms with Gasteiger partial charge in [-0.1, -0.05) is 54.2 Å². The van der Waals surface area contributed by atoms with Crippen LogP contribution in [0.3, 0.4) is 0 Å². The van der Waals surface area contributed by atoms with Gasteiger partial charge >= 0.3 is 0 Å². The molecule has 0 amide bonds. The van der Waals surface area contributed by atoms with E-state index < -0.39 is 0 Å². The second-order valence-corrected chi connectivity index (χ2v) is 7.30. The Morgan fingerprint density at radius 3 is 2.42 bits per heavy atom. The first-order valence-electron chi connectivity index (χ1n) is 8.95. The molecule has 3 aromatic rings. The molecule has 2 heterocycles. The molecule has 0 saturated carbocycles. The van der Waals surface area contributed by atoms with Crippen LogP contribution in [0.15, 0.2) is 42.5 Å². The molecule has 0 bridgehead atoms. The summed E-state index contributed by atoms with van der Waals surface area (Å²) < 4.78 is 0. The highest BCUT2D eigenvalue weighted by molar-refractivity contribution is 6.43. The predicted octanol–water partition coefficient (Wildman–Crippen LogP) is 6.06. The average molecular weight is 387 g/mol. The van der Waals surface area contributed by atoms with E-state index in [1.54, 1.807) is 6.07 Å². The lowest BCUT2D eigenvalue weighted by molar-refractivity contribution is 0.726. The second-order valence-electron chi connectivity index (χ2n) is 6.52. The molecule has 1 saturated heterocycles. The van der Waals surface area contributed by atoms with Gasteiger partial charge < -0.3 is 10.2 Å². The third-order valence-corrected chi connectivity index (χ3v) is 5.51. The van der Waals surface area contributed by atoms with Crippen LogP contribution in [-0.4, -0.2) is 23.1 Å². The maximum absolute atomic E-state index is 6.31. The summed E-state index contributed by atoms with van der Waals surface area (Å²) in [6.45, 7) is 2.05. The molecule has 1 aliphatic rings. The van der Waals surface area contributed by atoms with Gasteiger partial charge in [-0.2, -0.15) is 4.98 Å². The number of rotatable bonds is 3. The Balaban J connectivity index is 1.77. The fourth-order valence-corrected chi connectivity index (χ4v) is 3.71. The molecular weight excluding hydrogens is 367 g/mol. The normalized spacial score (nSPS) is 15.1. The van der Waals surface area contributed by atoms with Crippen molar-refractivity contribution in [1.82, 2.24) is 9.97 Å². The maximum atomic E-state index is 6.31. The number of benzene rings is 2. The highest BCUT2D eigenvalue weighted by atomic mass is 35.5. The van der Waals surface area contributed by atoms with Gasteiger partial charge in [0.15, 0.2) is 0 Å². The first kappa shape index (κ1) is 17.4. The lowest BCUT2D eigenvalue weighted by Crippen LogP contribution is -2.25. The zero-order valence-electron chi connectivity index (χ0n) is 14.4. The Kier molecular flexibility index (Phi) is 5.14. The molecule has 1 aliphatic heterocycles. The van der Waals surface area contributed by atoms with Crippen LogP contribution in [0.4, 0.5) is 17.5 Å². The molecule has 0 radical (unpaired) electrons. The van der Waals surface area contributed by atoms with E-state index in [1.807, 2.05) is 30.3 Å². The summed E-state index contributed by atoms with van der Waals surface area (Å²) in [7, 11) is 0. The van der Waals surface area contributed by atoms with Gasteiger partial charge in [-0.05, 0) is 37.1 Å². The number of hydrogen-bond donors (Lipinski definition) is 1. The summed E-state index contributed by atoms with van der Waals surface area (Å²) in [4.78, 5) is 11.9. The molecule has 4 nitrogen and oxygen atoms in total. The largest absolute Gasteiger partial charge is 0.356 e. The van der Waals surface area contributed by atoms with Crippen molar-refractivity contribution < 1.29 is 0 Å². The van der Waals surface area contributed by atoms with E-state index in [0.29, 0.717) is 21.7 Å². The van der Waals surface area contributed by atoms with Gasteiger partial charge in [0.05, 0.1) is 21.2 Å². The first-order valence-corrected chi connectivity index (χ1v) is 9.71. The third kappa shape index (κ3) is 3.57. The molecule has 0 aliphatic carbocycles. The van der Waals surface area contributed by atoms with Crippen LogP contribution in [0.2, 0.25) is 10.0 Å². The molecule has 0 atom stereocenters. The Morgan fingerprint density at radius 2 is 1.62 bits per heavy atom. The maximum Gasteiger partial charge on any atom is 0.229 e. The summed E-state index contributed by atoms with van der Waals surface area (Å²) in [6.07, 6.45) is 4.95. The summed E-state index contributed by atoms with van der Waals surface area (Å²) in [6, 6.07) is 13.6. The second kappa shape index (κ2) is 7.68. The molecule has 26 heavy (non-hydrogen) atoms. The van der Waals surface area contributed by atoms with E-state index in [4.69, 9.17) is 28.2 Å². The van der Waals surface area contributed by atoms with Crippen LogP contribution in [0.25, 0.3) is 10.9 Å². The van der Waals surface area contributed by atoms with Crippen LogP contribution in [0, 0.1) is 0 Å². The molecule has 0 unspecified atom stereocenters. The van der Waals surface area contributed by atoms with E-state index in [9.17, 15) is 0 Å². The van der Waals surface area contributed by atoms with Crippen molar-refractivity contribution in [2.75, 3.05) is 23.3 Å². The minimum Gasteiger partial charge on any atom is -0.356 e. The fourth-order valence-electron chi connectivity index (χ4n) is 3.36. The van der Waals surface area contributed by atoms with Crippen LogP contribution in [0.5, 0.6) is 0 Å². The summed E-state index contributed by atoms with van der Waals surface area (Å²) >= 11 is 12.4. The molecule has 1 aromatic heterocycles. The molecule has 6 heteroatoms. The molecular formula is C20H20Cl2N4. The molecule has 2 aromatic carbocycles. The van der Waals surface area contributed by atoms with Crippen molar-refractivity contribution in [3.63, 3.8) is 0 Å². The number of hydrogen-bond acceptors (Lipinski definition) is 4. The van der Waals surface area contributed by atoms with Crippen molar-refractivity contribution in [3.05, 3.63) is 52.5 Å². The third-order valence-electron chi connectivity index (χ3n) is 4.69. The van der Waals surface area contributed by atoms with E-state index in [1.165, 1.54) is 25.7 Å². The Bertz CT molecular complexity index is 921. The molecule has 1 fully saturated rings. The van der Waals surface area contributed by atoms with Crippen molar-refractivity contribution >= 4 is 51.6 Å². The van der Waals surface area contributed by atoms with Gasteiger partial charge in [-0.15, -0.1) is 0 Å². The van der Waals surface area contributed by atoms with Gasteiger partial charge in [0.2, 0.25) is 5.95 Å². The van der Waals surface area contributed by atoms with E-state index in [2.05, 4.69) is 21.3 Å². The van der Waals surface area contributed by atoms with E-state index in [-0.39, 0.29) is 0 Å². The standard InChI is InChI=1S/C20H20Cl2N4/c21-15-9-7-11-17(18(15)22)24-20-23-16-10-4-3-8-14(16)19(25-20)26-12-5-1-2-6-13-26/h3-4,7-11H,1-2,5-6,12-13H2,(H,23,24,25). The molecule has 134 valence electrons. The molecule has 0 spiro atoms. The Morgan fingerprint density at radius 1 is 0.846 bits per heavy atom. The molecule has 1 N–H and O–H groups in total. The molecule has 4 rings (SSSR count). The number of anilines is 3. The van der Waals surface area contributed by atoms with Crippen molar-refractivity contribution in [2.24, 2.45) is 0 Å².